The third kappa shape index (κ3) is 4.97. The predicted molar refractivity (Wildman–Crippen MR) is 105 cm³/mol. The lowest BCUT2D eigenvalue weighted by molar-refractivity contribution is -0.119. The Morgan fingerprint density at radius 2 is 1.96 bits per heavy atom. The van der Waals surface area contributed by atoms with E-state index in [1.54, 1.807) is 12.1 Å². The summed E-state index contributed by atoms with van der Waals surface area (Å²) in [6.45, 7) is 2.14. The Bertz CT molecular complexity index is 917. The molecule has 0 aliphatic heterocycles. The van der Waals surface area contributed by atoms with Crippen LogP contribution >= 0.6 is 11.6 Å². The minimum Gasteiger partial charge on any atom is -0.455 e. The van der Waals surface area contributed by atoms with Crippen LogP contribution in [0, 0.1) is 6.92 Å². The molecule has 5 nitrogen and oxygen atoms in total. The second-order valence-electron chi connectivity index (χ2n) is 5.73. The van der Waals surface area contributed by atoms with Gasteiger partial charge in [0.2, 0.25) is 0 Å². The fourth-order valence-corrected chi connectivity index (χ4v) is 2.47. The Labute approximate surface area is 156 Å². The number of carbonyl (C=O) groups is 1. The summed E-state index contributed by atoms with van der Waals surface area (Å²) < 4.78 is 5.67. The van der Waals surface area contributed by atoms with Gasteiger partial charge in [-0.15, -0.1) is 0 Å². The van der Waals surface area contributed by atoms with Gasteiger partial charge >= 0.3 is 0 Å². The summed E-state index contributed by atoms with van der Waals surface area (Å²) in [5.41, 5.74) is 5.38. The van der Waals surface area contributed by atoms with Crippen molar-refractivity contribution in [1.29, 1.82) is 0 Å². The molecule has 0 bridgehead atoms. The van der Waals surface area contributed by atoms with E-state index in [0.29, 0.717) is 16.5 Å². The van der Waals surface area contributed by atoms with Crippen LogP contribution in [0.3, 0.4) is 0 Å². The number of benzene rings is 2. The van der Waals surface area contributed by atoms with Crippen molar-refractivity contribution in [3.63, 3.8) is 0 Å². The molecule has 3 rings (SSSR count). The third-order valence-corrected chi connectivity index (χ3v) is 3.86. The van der Waals surface area contributed by atoms with Gasteiger partial charge in [-0.05, 0) is 43.3 Å². The smallest absolute Gasteiger partial charge is 0.259 e. The summed E-state index contributed by atoms with van der Waals surface area (Å²) in [6, 6.07) is 18.8. The van der Waals surface area contributed by atoms with E-state index in [0.717, 1.165) is 11.3 Å². The minimum atomic E-state index is -0.247. The van der Waals surface area contributed by atoms with Gasteiger partial charge < -0.3 is 9.73 Å². The second kappa shape index (κ2) is 8.36. The predicted octanol–water partition coefficient (Wildman–Crippen LogP) is 4.47. The molecule has 0 radical (unpaired) electrons. The van der Waals surface area contributed by atoms with Crippen LogP contribution in [0.4, 0.5) is 5.69 Å². The number of hydrogen-bond acceptors (Lipinski definition) is 4. The normalized spacial score (nSPS) is 10.8. The molecule has 0 fully saturated rings. The molecule has 1 aromatic heterocycles. The molecule has 2 aromatic carbocycles. The molecule has 1 amide bonds. The molecule has 3 aromatic rings. The van der Waals surface area contributed by atoms with E-state index in [2.05, 4.69) is 15.8 Å². The van der Waals surface area contributed by atoms with Gasteiger partial charge in [-0.2, -0.15) is 5.10 Å². The van der Waals surface area contributed by atoms with Crippen molar-refractivity contribution in [1.82, 2.24) is 5.43 Å². The average Bonchev–Trinajstić information content (AvgIpc) is 3.10. The Kier molecular flexibility index (Phi) is 5.71. The van der Waals surface area contributed by atoms with Crippen LogP contribution in [0.15, 0.2) is 70.2 Å². The van der Waals surface area contributed by atoms with Crippen LogP contribution < -0.4 is 10.7 Å². The first-order valence-electron chi connectivity index (χ1n) is 8.08. The average molecular weight is 368 g/mol. The summed E-state index contributed by atoms with van der Waals surface area (Å²) in [6.07, 6.45) is 1.46. The van der Waals surface area contributed by atoms with Crippen LogP contribution in [0.1, 0.15) is 11.3 Å². The first-order valence-corrected chi connectivity index (χ1v) is 8.46. The Morgan fingerprint density at radius 3 is 2.73 bits per heavy atom. The summed E-state index contributed by atoms with van der Waals surface area (Å²) in [7, 11) is 0. The van der Waals surface area contributed by atoms with Crippen LogP contribution in [-0.2, 0) is 4.79 Å². The van der Waals surface area contributed by atoms with Crippen molar-refractivity contribution in [2.75, 3.05) is 11.9 Å². The Balaban J connectivity index is 1.50. The molecule has 132 valence electrons. The van der Waals surface area contributed by atoms with Crippen molar-refractivity contribution in [2.45, 2.75) is 6.92 Å². The molecule has 0 saturated carbocycles. The number of amides is 1. The number of nitrogens with zero attached hydrogens (tertiary/aromatic N) is 1. The number of anilines is 1. The topological polar surface area (TPSA) is 66.6 Å². The third-order valence-electron chi connectivity index (χ3n) is 3.62. The van der Waals surface area contributed by atoms with Gasteiger partial charge in [0.15, 0.2) is 0 Å². The highest BCUT2D eigenvalue weighted by atomic mass is 35.5. The number of halogens is 1. The number of hydrogen-bond donors (Lipinski definition) is 2. The van der Waals surface area contributed by atoms with Gasteiger partial charge in [-0.3, -0.25) is 4.79 Å². The van der Waals surface area contributed by atoms with Gasteiger partial charge in [-0.25, -0.2) is 5.43 Å². The molecule has 0 atom stereocenters. The van der Waals surface area contributed by atoms with Gasteiger partial charge in [0.25, 0.3) is 5.91 Å². The highest BCUT2D eigenvalue weighted by Crippen LogP contribution is 2.24. The molecule has 0 unspecified atom stereocenters. The molecule has 0 spiro atoms. The van der Waals surface area contributed by atoms with Crippen molar-refractivity contribution in [3.8, 4) is 11.3 Å². The summed E-state index contributed by atoms with van der Waals surface area (Å²) in [4.78, 5) is 11.8. The summed E-state index contributed by atoms with van der Waals surface area (Å²) in [5, 5.41) is 7.58. The van der Waals surface area contributed by atoms with Gasteiger partial charge in [0.05, 0.1) is 12.8 Å². The zero-order chi connectivity index (χ0) is 18.4. The quantitative estimate of drug-likeness (QED) is 0.499. The van der Waals surface area contributed by atoms with E-state index in [-0.39, 0.29) is 12.5 Å². The van der Waals surface area contributed by atoms with Crippen LogP contribution in [0.25, 0.3) is 11.3 Å². The minimum absolute atomic E-state index is 0.131. The van der Waals surface area contributed by atoms with Crippen molar-refractivity contribution >= 4 is 29.4 Å². The van der Waals surface area contributed by atoms with E-state index in [4.69, 9.17) is 16.0 Å². The zero-order valence-electron chi connectivity index (χ0n) is 14.2. The molecule has 0 aliphatic carbocycles. The molecule has 2 N–H and O–H groups in total. The standard InChI is InChI=1S/C20H18ClN3O2/c1-14-5-7-17(8-6-14)22-13-20(25)24-23-12-18-9-10-19(26-18)15-3-2-4-16(21)11-15/h2-12,22H,13H2,1H3,(H,24,25)/b23-12-. The zero-order valence-corrected chi connectivity index (χ0v) is 15.0. The highest BCUT2D eigenvalue weighted by Gasteiger charge is 2.04. The lowest BCUT2D eigenvalue weighted by Crippen LogP contribution is -2.25. The van der Waals surface area contributed by atoms with Crippen LogP contribution in [0.2, 0.25) is 5.02 Å². The van der Waals surface area contributed by atoms with Crippen molar-refractivity contribution < 1.29 is 9.21 Å². The monoisotopic (exact) mass is 367 g/mol. The number of hydrazone groups is 1. The van der Waals surface area contributed by atoms with Crippen LogP contribution in [0.5, 0.6) is 0 Å². The molecule has 0 saturated heterocycles. The SMILES string of the molecule is Cc1ccc(NCC(=O)N/N=C\c2ccc(-c3cccc(Cl)c3)o2)cc1. The maximum Gasteiger partial charge on any atom is 0.259 e. The van der Waals surface area contributed by atoms with Gasteiger partial charge in [0.1, 0.15) is 11.5 Å². The maximum absolute atomic E-state index is 11.8. The molecular weight excluding hydrogens is 350 g/mol. The lowest BCUT2D eigenvalue weighted by Gasteiger charge is -2.05. The number of carbonyl (C=O) groups excluding carboxylic acids is 1. The first kappa shape index (κ1) is 17.8. The van der Waals surface area contributed by atoms with E-state index in [9.17, 15) is 4.79 Å². The molecule has 1 heterocycles. The van der Waals surface area contributed by atoms with E-state index >= 15 is 0 Å². The fraction of sp³-hybridized carbons (Fsp3) is 0.100. The number of rotatable bonds is 6. The van der Waals surface area contributed by atoms with Crippen molar-refractivity contribution in [3.05, 3.63) is 77.0 Å². The molecule has 0 aliphatic rings. The Hall–Kier alpha value is -3.05. The first-order chi connectivity index (χ1) is 12.6. The number of furan rings is 1. The molecular formula is C20H18ClN3O2. The lowest BCUT2D eigenvalue weighted by atomic mass is 10.2. The second-order valence-corrected chi connectivity index (χ2v) is 6.16. The van der Waals surface area contributed by atoms with E-state index in [1.165, 1.54) is 11.8 Å². The summed E-state index contributed by atoms with van der Waals surface area (Å²) in [5.74, 6) is 0.969. The molecule has 6 heteroatoms. The van der Waals surface area contributed by atoms with E-state index in [1.807, 2.05) is 55.5 Å². The van der Waals surface area contributed by atoms with E-state index < -0.39 is 0 Å². The molecule has 26 heavy (non-hydrogen) atoms. The fourth-order valence-electron chi connectivity index (χ4n) is 2.28. The van der Waals surface area contributed by atoms with Gasteiger partial charge in [-0.1, -0.05) is 41.4 Å². The number of aryl methyl sites for hydroxylation is 1. The Morgan fingerprint density at radius 1 is 1.15 bits per heavy atom. The van der Waals surface area contributed by atoms with Crippen LogP contribution in [-0.4, -0.2) is 18.7 Å². The van der Waals surface area contributed by atoms with Gasteiger partial charge in [0, 0.05) is 16.3 Å². The van der Waals surface area contributed by atoms with Crippen molar-refractivity contribution in [2.24, 2.45) is 5.10 Å². The summed E-state index contributed by atoms with van der Waals surface area (Å²) >= 11 is 5.98. The maximum atomic E-state index is 11.8. The highest BCUT2D eigenvalue weighted by molar-refractivity contribution is 6.30. The number of nitrogens with one attached hydrogen (secondary N) is 2. The largest absolute Gasteiger partial charge is 0.455 e.